The van der Waals surface area contributed by atoms with E-state index in [9.17, 15) is 0 Å². The van der Waals surface area contributed by atoms with Gasteiger partial charge >= 0.3 is 0 Å². The Labute approximate surface area is 92.9 Å². The van der Waals surface area contributed by atoms with E-state index in [2.05, 4.69) is 37.4 Å². The van der Waals surface area contributed by atoms with Crippen LogP contribution in [0.5, 0.6) is 0 Å². The molecule has 15 heavy (non-hydrogen) atoms. The summed E-state index contributed by atoms with van der Waals surface area (Å²) >= 11 is 0. The van der Waals surface area contributed by atoms with E-state index in [1.807, 2.05) is 0 Å². The lowest BCUT2D eigenvalue weighted by Gasteiger charge is -2.22. The van der Waals surface area contributed by atoms with Crippen LogP contribution in [0.3, 0.4) is 0 Å². The molecule has 1 fully saturated rings. The summed E-state index contributed by atoms with van der Waals surface area (Å²) in [7, 11) is 0. The van der Waals surface area contributed by atoms with Crippen LogP contribution in [0.4, 0.5) is 0 Å². The van der Waals surface area contributed by atoms with E-state index in [-0.39, 0.29) is 0 Å². The van der Waals surface area contributed by atoms with E-state index in [0.717, 1.165) is 5.92 Å². The van der Waals surface area contributed by atoms with Crippen LogP contribution in [0.25, 0.3) is 0 Å². The molecule has 1 N–H and O–H groups in total. The first-order valence-electron chi connectivity index (χ1n) is 6.02. The average molecular weight is 203 g/mol. The number of aryl methyl sites for hydroxylation is 2. The van der Waals surface area contributed by atoms with E-state index >= 15 is 0 Å². The van der Waals surface area contributed by atoms with E-state index in [1.165, 1.54) is 49.0 Å². The van der Waals surface area contributed by atoms with Crippen molar-refractivity contribution in [1.29, 1.82) is 0 Å². The average Bonchev–Trinajstić information content (AvgIpc) is 2.25. The van der Waals surface area contributed by atoms with Gasteiger partial charge in [0.2, 0.25) is 0 Å². The second kappa shape index (κ2) is 4.80. The highest BCUT2D eigenvalue weighted by molar-refractivity contribution is 5.30. The van der Waals surface area contributed by atoms with Crippen LogP contribution >= 0.6 is 0 Å². The minimum absolute atomic E-state index is 0.848. The summed E-state index contributed by atoms with van der Waals surface area (Å²) in [6.07, 6.45) is 3.98. The Morgan fingerprint density at radius 2 is 2.13 bits per heavy atom. The number of piperidine rings is 1. The van der Waals surface area contributed by atoms with Crippen molar-refractivity contribution in [3.05, 3.63) is 34.9 Å². The summed E-state index contributed by atoms with van der Waals surface area (Å²) in [4.78, 5) is 0. The van der Waals surface area contributed by atoms with Crippen molar-refractivity contribution in [1.82, 2.24) is 5.32 Å². The molecule has 1 atom stereocenters. The van der Waals surface area contributed by atoms with Crippen molar-refractivity contribution in [2.45, 2.75) is 33.1 Å². The molecular formula is C14H21N. The third-order valence-corrected chi connectivity index (χ3v) is 3.49. The Balaban J connectivity index is 2.00. The van der Waals surface area contributed by atoms with Gasteiger partial charge in [-0.1, -0.05) is 18.2 Å². The zero-order valence-corrected chi connectivity index (χ0v) is 9.84. The van der Waals surface area contributed by atoms with Crippen molar-refractivity contribution in [2.24, 2.45) is 5.92 Å². The molecule has 82 valence electrons. The summed E-state index contributed by atoms with van der Waals surface area (Å²) in [5.74, 6) is 0.848. The first-order valence-corrected chi connectivity index (χ1v) is 6.02. The van der Waals surface area contributed by atoms with E-state index in [4.69, 9.17) is 0 Å². The van der Waals surface area contributed by atoms with Gasteiger partial charge in [0, 0.05) is 0 Å². The zero-order chi connectivity index (χ0) is 10.7. The Morgan fingerprint density at radius 1 is 1.27 bits per heavy atom. The lowest BCUT2D eigenvalue weighted by Crippen LogP contribution is -2.30. The maximum Gasteiger partial charge on any atom is -0.00173 e. The lowest BCUT2D eigenvalue weighted by molar-refractivity contribution is 0.376. The van der Waals surface area contributed by atoms with Crippen LogP contribution < -0.4 is 5.32 Å². The smallest absolute Gasteiger partial charge is 0.00173 e. The molecule has 1 aromatic carbocycles. The molecule has 1 heterocycles. The molecule has 1 aliphatic rings. The normalized spacial score (nSPS) is 21.6. The Morgan fingerprint density at radius 3 is 2.80 bits per heavy atom. The summed E-state index contributed by atoms with van der Waals surface area (Å²) in [5, 5.41) is 3.48. The molecule has 1 aromatic rings. The van der Waals surface area contributed by atoms with Crippen molar-refractivity contribution >= 4 is 0 Å². The minimum atomic E-state index is 0.848. The van der Waals surface area contributed by atoms with Crippen molar-refractivity contribution in [2.75, 3.05) is 13.1 Å². The molecule has 0 aliphatic carbocycles. The maximum atomic E-state index is 3.48. The fourth-order valence-corrected chi connectivity index (χ4v) is 2.36. The summed E-state index contributed by atoms with van der Waals surface area (Å²) in [6, 6.07) is 6.89. The highest BCUT2D eigenvalue weighted by Gasteiger charge is 2.13. The Hall–Kier alpha value is -0.820. The molecule has 1 saturated heterocycles. The van der Waals surface area contributed by atoms with Crippen LogP contribution in [-0.4, -0.2) is 13.1 Å². The summed E-state index contributed by atoms with van der Waals surface area (Å²) < 4.78 is 0. The van der Waals surface area contributed by atoms with Gasteiger partial charge in [-0.25, -0.2) is 0 Å². The molecule has 0 radical (unpaired) electrons. The predicted molar refractivity (Wildman–Crippen MR) is 65.2 cm³/mol. The topological polar surface area (TPSA) is 12.0 Å². The van der Waals surface area contributed by atoms with Crippen LogP contribution in [0.15, 0.2) is 18.2 Å². The second-order valence-electron chi connectivity index (χ2n) is 4.84. The predicted octanol–water partition coefficient (Wildman–Crippen LogP) is 2.85. The molecule has 0 aromatic heterocycles. The van der Waals surface area contributed by atoms with Gasteiger partial charge in [0.15, 0.2) is 0 Å². The molecule has 0 unspecified atom stereocenters. The third kappa shape index (κ3) is 2.82. The maximum absolute atomic E-state index is 3.48. The van der Waals surface area contributed by atoms with Gasteiger partial charge in [0.1, 0.15) is 0 Å². The number of benzene rings is 1. The van der Waals surface area contributed by atoms with Gasteiger partial charge in [0.05, 0.1) is 0 Å². The van der Waals surface area contributed by atoms with Crippen LogP contribution in [0.2, 0.25) is 0 Å². The van der Waals surface area contributed by atoms with Crippen molar-refractivity contribution in [3.63, 3.8) is 0 Å². The number of nitrogens with one attached hydrogen (secondary N) is 1. The quantitative estimate of drug-likeness (QED) is 0.779. The second-order valence-corrected chi connectivity index (χ2v) is 4.84. The SMILES string of the molecule is Cc1ccc(C[C@H]2CCCNC2)cc1C. The standard InChI is InChI=1S/C14H21N/c1-11-5-6-13(8-12(11)2)9-14-4-3-7-15-10-14/h5-6,8,14-15H,3-4,7,9-10H2,1-2H3/t14-/m1/s1. The highest BCUT2D eigenvalue weighted by Crippen LogP contribution is 2.18. The van der Waals surface area contributed by atoms with E-state index in [0.29, 0.717) is 0 Å². The van der Waals surface area contributed by atoms with E-state index in [1.54, 1.807) is 0 Å². The molecule has 1 aliphatic heterocycles. The third-order valence-electron chi connectivity index (χ3n) is 3.49. The Kier molecular flexibility index (Phi) is 3.42. The van der Waals surface area contributed by atoms with E-state index < -0.39 is 0 Å². The number of rotatable bonds is 2. The monoisotopic (exact) mass is 203 g/mol. The lowest BCUT2D eigenvalue weighted by atomic mass is 9.91. The van der Waals surface area contributed by atoms with Crippen molar-refractivity contribution < 1.29 is 0 Å². The molecule has 1 heteroatoms. The molecular weight excluding hydrogens is 182 g/mol. The van der Waals surface area contributed by atoms with Gasteiger partial charge in [-0.2, -0.15) is 0 Å². The molecule has 2 rings (SSSR count). The van der Waals surface area contributed by atoms with Crippen LogP contribution in [-0.2, 0) is 6.42 Å². The summed E-state index contributed by atoms with van der Waals surface area (Å²) in [6.45, 7) is 6.80. The first kappa shape index (κ1) is 10.7. The summed E-state index contributed by atoms with van der Waals surface area (Å²) in [5.41, 5.74) is 4.34. The van der Waals surface area contributed by atoms with Crippen molar-refractivity contribution in [3.8, 4) is 0 Å². The van der Waals surface area contributed by atoms with Gasteiger partial charge in [-0.05, 0) is 68.8 Å². The van der Waals surface area contributed by atoms with Gasteiger partial charge < -0.3 is 5.32 Å². The van der Waals surface area contributed by atoms with Crippen LogP contribution in [0.1, 0.15) is 29.5 Å². The fraction of sp³-hybridized carbons (Fsp3) is 0.571. The fourth-order valence-electron chi connectivity index (χ4n) is 2.36. The van der Waals surface area contributed by atoms with Crippen LogP contribution in [0, 0.1) is 19.8 Å². The molecule has 0 bridgehead atoms. The minimum Gasteiger partial charge on any atom is -0.316 e. The first-order chi connectivity index (χ1) is 7.25. The van der Waals surface area contributed by atoms with Gasteiger partial charge in [-0.15, -0.1) is 0 Å². The Bertz CT molecular complexity index is 324. The number of hydrogen-bond donors (Lipinski definition) is 1. The molecule has 0 amide bonds. The molecule has 1 nitrogen and oxygen atoms in total. The zero-order valence-electron chi connectivity index (χ0n) is 9.84. The number of hydrogen-bond acceptors (Lipinski definition) is 1. The molecule has 0 spiro atoms. The van der Waals surface area contributed by atoms with Gasteiger partial charge in [0.25, 0.3) is 0 Å². The molecule has 0 saturated carbocycles. The highest BCUT2D eigenvalue weighted by atomic mass is 14.9. The van der Waals surface area contributed by atoms with Gasteiger partial charge in [-0.3, -0.25) is 0 Å². The largest absolute Gasteiger partial charge is 0.316 e.